The summed E-state index contributed by atoms with van der Waals surface area (Å²) in [5, 5.41) is 6.34. The van der Waals surface area contributed by atoms with Crippen molar-refractivity contribution in [2.45, 2.75) is 58.5 Å². The van der Waals surface area contributed by atoms with Crippen LogP contribution in [0.1, 0.15) is 46.5 Å². The Balaban J connectivity index is 2.38. The van der Waals surface area contributed by atoms with E-state index in [1.807, 2.05) is 0 Å². The second kappa shape index (κ2) is 6.11. The van der Waals surface area contributed by atoms with Gasteiger partial charge in [-0.1, -0.05) is 20.3 Å². The standard InChI is InChI=1S/C12H24N2O/c1-4-9(3)14-12(15)11-8-10(5-2)6-7-13-11/h9-11,13H,4-8H2,1-3H3,(H,14,15). The van der Waals surface area contributed by atoms with Gasteiger partial charge in [-0.15, -0.1) is 0 Å². The summed E-state index contributed by atoms with van der Waals surface area (Å²) in [5.41, 5.74) is 0. The van der Waals surface area contributed by atoms with E-state index in [0.717, 1.165) is 25.3 Å². The maximum Gasteiger partial charge on any atom is 0.237 e. The molecule has 1 aliphatic rings. The molecule has 1 rings (SSSR count). The van der Waals surface area contributed by atoms with Gasteiger partial charge in [-0.25, -0.2) is 0 Å². The number of hydrogen-bond donors (Lipinski definition) is 2. The Hall–Kier alpha value is -0.570. The lowest BCUT2D eigenvalue weighted by Gasteiger charge is -2.29. The zero-order valence-corrected chi connectivity index (χ0v) is 10.2. The SMILES string of the molecule is CCC1CCNC(C(=O)NC(C)CC)C1. The van der Waals surface area contributed by atoms with Crippen molar-refractivity contribution in [2.24, 2.45) is 5.92 Å². The number of nitrogens with one attached hydrogen (secondary N) is 2. The van der Waals surface area contributed by atoms with Gasteiger partial charge in [0.15, 0.2) is 0 Å². The van der Waals surface area contributed by atoms with Crippen LogP contribution < -0.4 is 10.6 Å². The summed E-state index contributed by atoms with van der Waals surface area (Å²) in [7, 11) is 0. The Bertz CT molecular complexity index is 206. The first kappa shape index (κ1) is 12.5. The molecule has 15 heavy (non-hydrogen) atoms. The topological polar surface area (TPSA) is 41.1 Å². The van der Waals surface area contributed by atoms with Crippen molar-refractivity contribution >= 4 is 5.91 Å². The van der Waals surface area contributed by atoms with Crippen molar-refractivity contribution in [3.63, 3.8) is 0 Å². The number of piperidine rings is 1. The molecule has 0 aromatic carbocycles. The van der Waals surface area contributed by atoms with Crippen molar-refractivity contribution in [1.82, 2.24) is 10.6 Å². The third-order valence-corrected chi connectivity index (χ3v) is 3.41. The van der Waals surface area contributed by atoms with Crippen LogP contribution in [0.4, 0.5) is 0 Å². The molecule has 2 N–H and O–H groups in total. The quantitative estimate of drug-likeness (QED) is 0.744. The van der Waals surface area contributed by atoms with Crippen LogP contribution in [0.2, 0.25) is 0 Å². The highest BCUT2D eigenvalue weighted by Crippen LogP contribution is 2.19. The van der Waals surface area contributed by atoms with E-state index in [9.17, 15) is 4.79 Å². The van der Waals surface area contributed by atoms with E-state index in [2.05, 4.69) is 31.4 Å². The first-order chi connectivity index (χ1) is 7.17. The maximum absolute atomic E-state index is 11.9. The number of rotatable bonds is 4. The second-order valence-electron chi connectivity index (χ2n) is 4.62. The lowest BCUT2D eigenvalue weighted by molar-refractivity contribution is -0.124. The van der Waals surface area contributed by atoms with Gasteiger partial charge in [0.25, 0.3) is 0 Å². The number of hydrogen-bond acceptors (Lipinski definition) is 2. The van der Waals surface area contributed by atoms with Crippen molar-refractivity contribution in [2.75, 3.05) is 6.54 Å². The Kier molecular flexibility index (Phi) is 5.09. The van der Waals surface area contributed by atoms with Gasteiger partial charge < -0.3 is 10.6 Å². The van der Waals surface area contributed by atoms with Crippen molar-refractivity contribution in [1.29, 1.82) is 0 Å². The lowest BCUT2D eigenvalue weighted by atomic mass is 9.90. The third-order valence-electron chi connectivity index (χ3n) is 3.41. The van der Waals surface area contributed by atoms with Gasteiger partial charge in [-0.3, -0.25) is 4.79 Å². The minimum absolute atomic E-state index is 0.0395. The van der Waals surface area contributed by atoms with Crippen LogP contribution in [0.3, 0.4) is 0 Å². The average molecular weight is 212 g/mol. The molecule has 1 aliphatic heterocycles. The molecular weight excluding hydrogens is 188 g/mol. The molecule has 0 aliphatic carbocycles. The van der Waals surface area contributed by atoms with Gasteiger partial charge in [0.1, 0.15) is 0 Å². The van der Waals surface area contributed by atoms with E-state index in [1.54, 1.807) is 0 Å². The molecule has 3 atom stereocenters. The molecule has 1 heterocycles. The lowest BCUT2D eigenvalue weighted by Crippen LogP contribution is -2.50. The number of amides is 1. The molecule has 3 unspecified atom stereocenters. The van der Waals surface area contributed by atoms with Gasteiger partial charge in [0.05, 0.1) is 6.04 Å². The van der Waals surface area contributed by atoms with Crippen molar-refractivity contribution in [3.05, 3.63) is 0 Å². The fourth-order valence-corrected chi connectivity index (χ4v) is 2.01. The molecule has 0 saturated carbocycles. The summed E-state index contributed by atoms with van der Waals surface area (Å²) in [5.74, 6) is 0.904. The smallest absolute Gasteiger partial charge is 0.237 e. The molecule has 0 spiro atoms. The number of carbonyl (C=O) groups excluding carboxylic acids is 1. The molecular formula is C12H24N2O. The highest BCUT2D eigenvalue weighted by molar-refractivity contribution is 5.82. The molecule has 1 amide bonds. The monoisotopic (exact) mass is 212 g/mol. The fourth-order valence-electron chi connectivity index (χ4n) is 2.01. The summed E-state index contributed by atoms with van der Waals surface area (Å²) < 4.78 is 0. The average Bonchev–Trinajstić information content (AvgIpc) is 2.28. The van der Waals surface area contributed by atoms with Crippen LogP contribution in [-0.4, -0.2) is 24.5 Å². The van der Waals surface area contributed by atoms with Crippen LogP contribution in [0.25, 0.3) is 0 Å². The van der Waals surface area contributed by atoms with Gasteiger partial charge in [0, 0.05) is 6.04 Å². The maximum atomic E-state index is 11.9. The first-order valence-electron chi connectivity index (χ1n) is 6.21. The van der Waals surface area contributed by atoms with Crippen molar-refractivity contribution in [3.8, 4) is 0 Å². The van der Waals surface area contributed by atoms with E-state index < -0.39 is 0 Å². The molecule has 1 saturated heterocycles. The fraction of sp³-hybridized carbons (Fsp3) is 0.917. The van der Waals surface area contributed by atoms with Gasteiger partial charge in [0.2, 0.25) is 5.91 Å². The molecule has 3 heteroatoms. The highest BCUT2D eigenvalue weighted by Gasteiger charge is 2.26. The molecule has 0 bridgehead atoms. The Morgan fingerprint density at radius 1 is 1.53 bits per heavy atom. The van der Waals surface area contributed by atoms with Gasteiger partial charge >= 0.3 is 0 Å². The van der Waals surface area contributed by atoms with Crippen LogP contribution in [0.15, 0.2) is 0 Å². The minimum Gasteiger partial charge on any atom is -0.352 e. The predicted molar refractivity (Wildman–Crippen MR) is 62.7 cm³/mol. The summed E-state index contributed by atoms with van der Waals surface area (Å²) in [6.45, 7) is 7.34. The molecule has 0 aromatic heterocycles. The summed E-state index contributed by atoms with van der Waals surface area (Å²) >= 11 is 0. The first-order valence-corrected chi connectivity index (χ1v) is 6.21. The van der Waals surface area contributed by atoms with E-state index in [1.165, 1.54) is 12.8 Å². The summed E-state index contributed by atoms with van der Waals surface area (Å²) in [6, 6.07) is 0.332. The zero-order valence-electron chi connectivity index (χ0n) is 10.2. The van der Waals surface area contributed by atoms with E-state index in [4.69, 9.17) is 0 Å². The van der Waals surface area contributed by atoms with Gasteiger partial charge in [-0.05, 0) is 38.6 Å². The second-order valence-corrected chi connectivity index (χ2v) is 4.62. The van der Waals surface area contributed by atoms with Crippen LogP contribution in [0.5, 0.6) is 0 Å². The third kappa shape index (κ3) is 3.82. The molecule has 3 nitrogen and oxygen atoms in total. The Morgan fingerprint density at radius 2 is 2.27 bits per heavy atom. The van der Waals surface area contributed by atoms with E-state index >= 15 is 0 Å². The highest BCUT2D eigenvalue weighted by atomic mass is 16.2. The normalized spacial score (nSPS) is 28.5. The minimum atomic E-state index is 0.0395. The van der Waals surface area contributed by atoms with E-state index in [0.29, 0.717) is 6.04 Å². The summed E-state index contributed by atoms with van der Waals surface area (Å²) in [4.78, 5) is 11.9. The predicted octanol–water partition coefficient (Wildman–Crippen LogP) is 1.68. The molecule has 0 radical (unpaired) electrons. The zero-order chi connectivity index (χ0) is 11.3. The molecule has 0 aromatic rings. The largest absolute Gasteiger partial charge is 0.352 e. The van der Waals surface area contributed by atoms with Gasteiger partial charge in [-0.2, -0.15) is 0 Å². The Morgan fingerprint density at radius 3 is 2.87 bits per heavy atom. The van der Waals surface area contributed by atoms with Crippen LogP contribution in [-0.2, 0) is 4.79 Å². The van der Waals surface area contributed by atoms with Crippen molar-refractivity contribution < 1.29 is 4.79 Å². The molecule has 1 fully saturated rings. The molecule has 88 valence electrons. The summed E-state index contributed by atoms with van der Waals surface area (Å²) in [6.07, 6.45) is 4.40. The van der Waals surface area contributed by atoms with Crippen LogP contribution >= 0.6 is 0 Å². The van der Waals surface area contributed by atoms with E-state index in [-0.39, 0.29) is 11.9 Å². The van der Waals surface area contributed by atoms with Crippen LogP contribution in [0, 0.1) is 5.92 Å². The Labute approximate surface area is 93.0 Å². The number of carbonyl (C=O) groups is 1.